The third-order valence-electron chi connectivity index (χ3n) is 5.93. The van der Waals surface area contributed by atoms with Gasteiger partial charge in [-0.15, -0.1) is 0 Å². The predicted octanol–water partition coefficient (Wildman–Crippen LogP) is 4.74. The number of thiazole rings is 1. The molecule has 0 saturated heterocycles. The van der Waals surface area contributed by atoms with E-state index in [1.54, 1.807) is 4.57 Å². The van der Waals surface area contributed by atoms with E-state index in [1.807, 2.05) is 68.5 Å². The van der Waals surface area contributed by atoms with E-state index in [1.165, 1.54) is 18.4 Å². The van der Waals surface area contributed by atoms with Gasteiger partial charge in [0.2, 0.25) is 0 Å². The Balaban J connectivity index is 1.96. The van der Waals surface area contributed by atoms with E-state index in [4.69, 9.17) is 14.5 Å². The summed E-state index contributed by atoms with van der Waals surface area (Å²) in [6.45, 7) is 6.02. The maximum Gasteiger partial charge on any atom is 0.338 e. The molecule has 2 heterocycles. The number of nitrogens with zero attached hydrogens (tertiary/aromatic N) is 2. The minimum absolute atomic E-state index is 0.0392. The number of rotatable bonds is 7. The zero-order chi connectivity index (χ0) is 25.1. The summed E-state index contributed by atoms with van der Waals surface area (Å²) in [7, 11) is 1.35. The van der Waals surface area contributed by atoms with Crippen molar-refractivity contribution in [2.75, 3.05) is 7.11 Å². The fourth-order valence-electron chi connectivity index (χ4n) is 4.00. The molecule has 4 rings (SSSR count). The number of benzene rings is 2. The number of fused-ring (bicyclic) bond motifs is 1. The van der Waals surface area contributed by atoms with Crippen LogP contribution in [-0.2, 0) is 9.53 Å². The first-order valence-electron chi connectivity index (χ1n) is 11.5. The quantitative estimate of drug-likeness (QED) is 0.395. The molecule has 2 atom stereocenters. The number of carbonyl (C=O) groups is 1. The number of methoxy groups -OCH3 is 1. The number of ether oxygens (including phenoxy) is 2. The maximum atomic E-state index is 13.8. The third-order valence-corrected chi connectivity index (χ3v) is 7.40. The lowest BCUT2D eigenvalue weighted by atomic mass is 9.95. The van der Waals surface area contributed by atoms with E-state index in [0.717, 1.165) is 22.0 Å². The normalized spacial score (nSPS) is 16.5. The second kappa shape index (κ2) is 10.7. The molecule has 0 bridgehead atoms. The highest BCUT2D eigenvalue weighted by molar-refractivity contribution is 9.10. The Kier molecular flexibility index (Phi) is 7.72. The Morgan fingerprint density at radius 1 is 1.23 bits per heavy atom. The van der Waals surface area contributed by atoms with Gasteiger partial charge in [-0.2, -0.15) is 0 Å². The average Bonchev–Trinajstić information content (AvgIpc) is 3.18. The molecule has 35 heavy (non-hydrogen) atoms. The van der Waals surface area contributed by atoms with Crippen molar-refractivity contribution >= 4 is 39.3 Å². The molecule has 0 N–H and O–H groups in total. The standard InChI is InChI=1S/C27H27BrN2O4S/c1-5-16(3)34-21-13-12-19(28)14-18(21)15-22-25(31)30-24(17-10-8-7-9-11-17)23(26(32)33-4)20(6-2)29-27(30)35-22/h7-16,24H,5-6H2,1-4H3/b22-15+/t16-,24+/m1/s1. The van der Waals surface area contributed by atoms with Crippen molar-refractivity contribution < 1.29 is 14.3 Å². The van der Waals surface area contributed by atoms with Crippen molar-refractivity contribution in [1.82, 2.24) is 4.57 Å². The molecule has 0 aliphatic carbocycles. The van der Waals surface area contributed by atoms with Crippen LogP contribution in [0, 0.1) is 0 Å². The smallest absolute Gasteiger partial charge is 0.338 e. The summed E-state index contributed by atoms with van der Waals surface area (Å²) in [5.74, 6) is 0.224. The van der Waals surface area contributed by atoms with Crippen molar-refractivity contribution in [3.8, 4) is 5.75 Å². The fourth-order valence-corrected chi connectivity index (χ4v) is 5.39. The molecule has 1 aliphatic rings. The topological polar surface area (TPSA) is 69.9 Å². The largest absolute Gasteiger partial charge is 0.490 e. The molecule has 0 amide bonds. The van der Waals surface area contributed by atoms with Gasteiger partial charge in [0.1, 0.15) is 5.75 Å². The summed E-state index contributed by atoms with van der Waals surface area (Å²) in [4.78, 5) is 31.9. The van der Waals surface area contributed by atoms with E-state index in [2.05, 4.69) is 22.9 Å². The number of allylic oxidation sites excluding steroid dienone is 1. The maximum absolute atomic E-state index is 13.8. The van der Waals surface area contributed by atoms with Crippen LogP contribution in [0.1, 0.15) is 50.8 Å². The van der Waals surface area contributed by atoms with Gasteiger partial charge in [-0.1, -0.05) is 71.4 Å². The number of hydrogen-bond donors (Lipinski definition) is 0. The van der Waals surface area contributed by atoms with E-state index in [9.17, 15) is 9.59 Å². The van der Waals surface area contributed by atoms with Crippen LogP contribution in [0.25, 0.3) is 6.08 Å². The molecule has 1 aliphatic heterocycles. The van der Waals surface area contributed by atoms with Gasteiger partial charge in [0, 0.05) is 10.0 Å². The van der Waals surface area contributed by atoms with Crippen molar-refractivity contribution in [2.45, 2.75) is 45.8 Å². The van der Waals surface area contributed by atoms with Crippen LogP contribution in [0.3, 0.4) is 0 Å². The summed E-state index contributed by atoms with van der Waals surface area (Å²) < 4.78 is 14.2. The number of esters is 1. The molecule has 8 heteroatoms. The summed E-state index contributed by atoms with van der Waals surface area (Å²) in [5.41, 5.74) is 2.42. The highest BCUT2D eigenvalue weighted by Crippen LogP contribution is 2.32. The molecule has 2 aromatic carbocycles. The molecular weight excluding hydrogens is 528 g/mol. The minimum Gasteiger partial charge on any atom is -0.490 e. The average molecular weight is 555 g/mol. The first-order chi connectivity index (χ1) is 16.9. The number of hydrogen-bond acceptors (Lipinski definition) is 6. The van der Waals surface area contributed by atoms with Gasteiger partial charge in [0.25, 0.3) is 5.56 Å². The van der Waals surface area contributed by atoms with E-state index in [-0.39, 0.29) is 11.7 Å². The molecule has 0 spiro atoms. The Morgan fingerprint density at radius 3 is 2.63 bits per heavy atom. The Hall–Kier alpha value is -2.97. The van der Waals surface area contributed by atoms with Gasteiger partial charge in [0.05, 0.1) is 35.1 Å². The van der Waals surface area contributed by atoms with Crippen molar-refractivity contribution in [2.24, 2.45) is 4.99 Å². The fraction of sp³-hybridized carbons (Fsp3) is 0.296. The zero-order valence-electron chi connectivity index (χ0n) is 20.1. The van der Waals surface area contributed by atoms with Crippen molar-refractivity contribution in [3.05, 3.63) is 95.1 Å². The van der Waals surface area contributed by atoms with E-state index >= 15 is 0 Å². The summed E-state index contributed by atoms with van der Waals surface area (Å²) in [6.07, 6.45) is 3.28. The number of halogens is 1. The predicted molar refractivity (Wildman–Crippen MR) is 141 cm³/mol. The minimum atomic E-state index is -0.615. The molecule has 1 aromatic heterocycles. The lowest BCUT2D eigenvalue weighted by Crippen LogP contribution is -2.40. The molecule has 0 unspecified atom stereocenters. The SMILES string of the molecule is CCC1=C(C(=O)OC)[C@H](c2ccccc2)n2c(s/c(=C/c3cc(Br)ccc3O[C@H](C)CC)c2=O)=N1. The van der Waals surface area contributed by atoms with Crippen LogP contribution in [-0.4, -0.2) is 23.8 Å². The van der Waals surface area contributed by atoms with Gasteiger partial charge in [-0.3, -0.25) is 9.36 Å². The second-order valence-electron chi connectivity index (χ2n) is 8.22. The van der Waals surface area contributed by atoms with Crippen LogP contribution in [0.2, 0.25) is 0 Å². The van der Waals surface area contributed by atoms with Crippen molar-refractivity contribution in [1.29, 1.82) is 0 Å². The summed E-state index contributed by atoms with van der Waals surface area (Å²) in [6, 6.07) is 14.7. The molecular formula is C27H27BrN2O4S. The molecule has 6 nitrogen and oxygen atoms in total. The summed E-state index contributed by atoms with van der Waals surface area (Å²) in [5, 5.41) is 0. The molecule has 3 aromatic rings. The Bertz CT molecular complexity index is 1460. The highest BCUT2D eigenvalue weighted by Gasteiger charge is 2.33. The van der Waals surface area contributed by atoms with E-state index in [0.29, 0.717) is 32.8 Å². The lowest BCUT2D eigenvalue weighted by Gasteiger charge is -2.25. The van der Waals surface area contributed by atoms with Crippen LogP contribution in [0.5, 0.6) is 5.75 Å². The summed E-state index contributed by atoms with van der Waals surface area (Å²) >= 11 is 4.83. The highest BCUT2D eigenvalue weighted by atomic mass is 79.9. The lowest BCUT2D eigenvalue weighted by molar-refractivity contribution is -0.136. The Morgan fingerprint density at radius 2 is 1.97 bits per heavy atom. The van der Waals surface area contributed by atoms with Crippen LogP contribution in [0.15, 0.2) is 74.1 Å². The third kappa shape index (κ3) is 5.04. The molecule has 0 fully saturated rings. The first kappa shape index (κ1) is 25.1. The van der Waals surface area contributed by atoms with Crippen molar-refractivity contribution in [3.63, 3.8) is 0 Å². The molecule has 182 valence electrons. The van der Waals surface area contributed by atoms with Gasteiger partial charge < -0.3 is 9.47 Å². The number of aromatic nitrogens is 1. The monoisotopic (exact) mass is 554 g/mol. The molecule has 0 radical (unpaired) electrons. The van der Waals surface area contributed by atoms with Crippen LogP contribution in [0.4, 0.5) is 0 Å². The van der Waals surface area contributed by atoms with Gasteiger partial charge in [0.15, 0.2) is 4.80 Å². The number of carbonyl (C=O) groups excluding carboxylic acids is 1. The van der Waals surface area contributed by atoms with Gasteiger partial charge in [-0.05, 0) is 49.6 Å². The van der Waals surface area contributed by atoms with E-state index < -0.39 is 12.0 Å². The van der Waals surface area contributed by atoms with Gasteiger partial charge in [-0.25, -0.2) is 9.79 Å². The van der Waals surface area contributed by atoms with Crippen LogP contribution < -0.4 is 19.6 Å². The van der Waals surface area contributed by atoms with Crippen LogP contribution >= 0.6 is 27.3 Å². The van der Waals surface area contributed by atoms with Gasteiger partial charge >= 0.3 is 5.97 Å². The Labute approximate surface area is 216 Å². The molecule has 0 saturated carbocycles. The zero-order valence-corrected chi connectivity index (χ0v) is 22.5. The first-order valence-corrected chi connectivity index (χ1v) is 13.1. The second-order valence-corrected chi connectivity index (χ2v) is 10.1.